The van der Waals surface area contributed by atoms with Crippen molar-refractivity contribution in [2.24, 2.45) is 0 Å². The van der Waals surface area contributed by atoms with E-state index in [1.165, 1.54) is 0 Å². The number of carbonyl (C=O) groups excluding carboxylic acids is 1. The third-order valence-electron chi connectivity index (χ3n) is 4.64. The SMILES string of the molecule is CCc1c(OCOC)cc(OCOC)c(-c2ccco2)c1CC(=O)N(C)CCOC. The van der Waals surface area contributed by atoms with Crippen LogP contribution in [0.2, 0.25) is 0 Å². The number of likely N-dealkylation sites (N-methyl/N-ethyl adjacent to an activating group) is 1. The van der Waals surface area contributed by atoms with E-state index in [4.69, 9.17) is 28.1 Å². The van der Waals surface area contributed by atoms with Gasteiger partial charge in [-0.1, -0.05) is 6.92 Å². The smallest absolute Gasteiger partial charge is 0.226 e. The lowest BCUT2D eigenvalue weighted by atomic mass is 9.92. The van der Waals surface area contributed by atoms with E-state index in [0.29, 0.717) is 42.4 Å². The molecule has 8 nitrogen and oxygen atoms in total. The number of amides is 1. The molecule has 0 N–H and O–H groups in total. The van der Waals surface area contributed by atoms with Gasteiger partial charge in [-0.3, -0.25) is 4.79 Å². The predicted molar refractivity (Wildman–Crippen MR) is 112 cm³/mol. The Labute approximate surface area is 177 Å². The quantitative estimate of drug-likeness (QED) is 0.460. The summed E-state index contributed by atoms with van der Waals surface area (Å²) in [6, 6.07) is 5.43. The van der Waals surface area contributed by atoms with E-state index < -0.39 is 0 Å². The second-order valence-electron chi connectivity index (χ2n) is 6.62. The van der Waals surface area contributed by atoms with Gasteiger partial charge >= 0.3 is 0 Å². The zero-order valence-corrected chi connectivity index (χ0v) is 18.4. The highest BCUT2D eigenvalue weighted by Gasteiger charge is 2.25. The van der Waals surface area contributed by atoms with Gasteiger partial charge in [0, 0.05) is 41.0 Å². The van der Waals surface area contributed by atoms with Crippen LogP contribution in [0.3, 0.4) is 0 Å². The molecule has 0 aliphatic heterocycles. The highest BCUT2D eigenvalue weighted by Crippen LogP contribution is 2.41. The Morgan fingerprint density at radius 1 is 1.03 bits per heavy atom. The van der Waals surface area contributed by atoms with Crippen LogP contribution >= 0.6 is 0 Å². The number of benzene rings is 1. The zero-order valence-electron chi connectivity index (χ0n) is 18.4. The van der Waals surface area contributed by atoms with Gasteiger partial charge in [0.05, 0.1) is 24.9 Å². The summed E-state index contributed by atoms with van der Waals surface area (Å²) in [6.07, 6.45) is 2.40. The zero-order chi connectivity index (χ0) is 21.9. The van der Waals surface area contributed by atoms with E-state index in [2.05, 4.69) is 0 Å². The molecule has 1 aromatic heterocycles. The van der Waals surface area contributed by atoms with Crippen molar-refractivity contribution in [3.05, 3.63) is 35.6 Å². The standard InChI is InChI=1S/C22H31NO7/c1-6-16-17(12-21(24)23(2)9-11-25-3)22(18-8-7-10-28-18)20(30-15-27-5)13-19(16)29-14-26-4/h7-8,10,13H,6,9,11-12,14-15H2,1-5H3. The molecule has 166 valence electrons. The molecule has 1 heterocycles. The Morgan fingerprint density at radius 2 is 1.73 bits per heavy atom. The molecule has 0 atom stereocenters. The van der Waals surface area contributed by atoms with E-state index in [1.807, 2.05) is 13.0 Å². The average molecular weight is 421 g/mol. The number of carbonyl (C=O) groups is 1. The first-order chi connectivity index (χ1) is 14.6. The van der Waals surface area contributed by atoms with Crippen LogP contribution in [-0.4, -0.2) is 65.9 Å². The van der Waals surface area contributed by atoms with Crippen molar-refractivity contribution < 1.29 is 32.9 Å². The van der Waals surface area contributed by atoms with Gasteiger partial charge in [0.2, 0.25) is 5.91 Å². The molecule has 0 fully saturated rings. The molecular formula is C22H31NO7. The largest absolute Gasteiger partial charge is 0.467 e. The van der Waals surface area contributed by atoms with Crippen molar-refractivity contribution in [3.63, 3.8) is 0 Å². The maximum Gasteiger partial charge on any atom is 0.226 e. The molecule has 0 aliphatic rings. The van der Waals surface area contributed by atoms with E-state index >= 15 is 0 Å². The number of hydrogen-bond donors (Lipinski definition) is 0. The van der Waals surface area contributed by atoms with Crippen molar-refractivity contribution >= 4 is 5.91 Å². The van der Waals surface area contributed by atoms with Gasteiger partial charge < -0.3 is 33.0 Å². The molecule has 1 amide bonds. The number of nitrogens with zero attached hydrogens (tertiary/aromatic N) is 1. The molecule has 0 radical (unpaired) electrons. The van der Waals surface area contributed by atoms with E-state index in [9.17, 15) is 4.79 Å². The molecule has 0 bridgehead atoms. The van der Waals surface area contributed by atoms with Crippen LogP contribution in [0.15, 0.2) is 28.9 Å². The van der Waals surface area contributed by atoms with Crippen LogP contribution in [0.5, 0.6) is 11.5 Å². The highest BCUT2D eigenvalue weighted by atomic mass is 16.7. The fraction of sp³-hybridized carbons (Fsp3) is 0.500. The monoisotopic (exact) mass is 421 g/mol. The van der Waals surface area contributed by atoms with E-state index in [0.717, 1.165) is 11.1 Å². The summed E-state index contributed by atoms with van der Waals surface area (Å²) in [5.74, 6) is 1.67. The summed E-state index contributed by atoms with van der Waals surface area (Å²) in [5, 5.41) is 0. The molecule has 0 unspecified atom stereocenters. The first-order valence-corrected chi connectivity index (χ1v) is 9.76. The summed E-state index contributed by atoms with van der Waals surface area (Å²) >= 11 is 0. The van der Waals surface area contributed by atoms with Gasteiger partial charge in [-0.05, 0) is 29.7 Å². The van der Waals surface area contributed by atoms with Crippen molar-refractivity contribution in [2.75, 3.05) is 55.1 Å². The fourth-order valence-corrected chi connectivity index (χ4v) is 3.13. The number of methoxy groups -OCH3 is 3. The molecule has 2 rings (SSSR count). The molecule has 0 saturated carbocycles. The van der Waals surface area contributed by atoms with Gasteiger partial charge in [-0.25, -0.2) is 0 Å². The lowest BCUT2D eigenvalue weighted by Crippen LogP contribution is -2.31. The normalized spacial score (nSPS) is 10.8. The fourth-order valence-electron chi connectivity index (χ4n) is 3.13. The van der Waals surface area contributed by atoms with Gasteiger partial charge in [0.25, 0.3) is 0 Å². The van der Waals surface area contributed by atoms with Crippen LogP contribution in [0, 0.1) is 0 Å². The molecule has 1 aromatic carbocycles. The molecule has 2 aromatic rings. The van der Waals surface area contributed by atoms with Gasteiger partial charge in [-0.15, -0.1) is 0 Å². The second kappa shape index (κ2) is 12.2. The maximum absolute atomic E-state index is 13.0. The minimum absolute atomic E-state index is 0.0452. The number of hydrogen-bond acceptors (Lipinski definition) is 7. The number of rotatable bonds is 13. The Kier molecular flexibility index (Phi) is 9.66. The van der Waals surface area contributed by atoms with Crippen LogP contribution in [0.25, 0.3) is 11.3 Å². The van der Waals surface area contributed by atoms with Crippen molar-refractivity contribution in [1.29, 1.82) is 0 Å². The van der Waals surface area contributed by atoms with E-state index in [-0.39, 0.29) is 25.9 Å². The summed E-state index contributed by atoms with van der Waals surface area (Å²) in [6.45, 7) is 3.11. The minimum atomic E-state index is -0.0452. The number of furan rings is 1. The van der Waals surface area contributed by atoms with Crippen LogP contribution < -0.4 is 9.47 Å². The minimum Gasteiger partial charge on any atom is -0.467 e. The first kappa shape index (κ1) is 23.7. The molecular weight excluding hydrogens is 390 g/mol. The average Bonchev–Trinajstić information content (AvgIpc) is 3.28. The topological polar surface area (TPSA) is 79.6 Å². The summed E-state index contributed by atoms with van der Waals surface area (Å²) in [4.78, 5) is 14.6. The van der Waals surface area contributed by atoms with Crippen molar-refractivity contribution in [1.82, 2.24) is 4.90 Å². The third-order valence-corrected chi connectivity index (χ3v) is 4.64. The lowest BCUT2D eigenvalue weighted by molar-refractivity contribution is -0.129. The summed E-state index contributed by atoms with van der Waals surface area (Å²) in [5.41, 5.74) is 2.41. The first-order valence-electron chi connectivity index (χ1n) is 9.76. The molecule has 0 aliphatic carbocycles. The third kappa shape index (κ3) is 5.98. The molecule has 0 spiro atoms. The maximum atomic E-state index is 13.0. The van der Waals surface area contributed by atoms with Gasteiger partial charge in [0.15, 0.2) is 13.6 Å². The van der Waals surface area contributed by atoms with Crippen LogP contribution in [0.4, 0.5) is 0 Å². The summed E-state index contributed by atoms with van der Waals surface area (Å²) < 4.78 is 32.6. The Morgan fingerprint density at radius 3 is 2.30 bits per heavy atom. The predicted octanol–water partition coefficient (Wildman–Crippen LogP) is 3.12. The molecule has 0 saturated heterocycles. The summed E-state index contributed by atoms with van der Waals surface area (Å²) in [7, 11) is 6.47. The van der Waals surface area contributed by atoms with Gasteiger partial charge in [-0.2, -0.15) is 0 Å². The Hall–Kier alpha value is -2.55. The second-order valence-corrected chi connectivity index (χ2v) is 6.62. The van der Waals surface area contributed by atoms with Crippen LogP contribution in [0.1, 0.15) is 18.1 Å². The lowest BCUT2D eigenvalue weighted by Gasteiger charge is -2.23. The van der Waals surface area contributed by atoms with Crippen LogP contribution in [-0.2, 0) is 31.8 Å². The number of ether oxygens (including phenoxy) is 5. The van der Waals surface area contributed by atoms with Gasteiger partial charge in [0.1, 0.15) is 17.3 Å². The van der Waals surface area contributed by atoms with E-state index in [1.54, 1.807) is 51.7 Å². The highest BCUT2D eigenvalue weighted by molar-refractivity contribution is 5.84. The van der Waals surface area contributed by atoms with Crippen molar-refractivity contribution in [3.8, 4) is 22.8 Å². The molecule has 8 heteroatoms. The Bertz CT molecular complexity index is 789. The van der Waals surface area contributed by atoms with Crippen molar-refractivity contribution in [2.45, 2.75) is 19.8 Å². The Balaban J connectivity index is 2.59. The molecule has 30 heavy (non-hydrogen) atoms.